The van der Waals surface area contributed by atoms with Gasteiger partial charge in [0, 0.05) is 32.6 Å². The Morgan fingerprint density at radius 1 is 1.16 bits per heavy atom. The quantitative estimate of drug-likeness (QED) is 0.767. The lowest BCUT2D eigenvalue weighted by molar-refractivity contribution is -0.131. The normalized spacial score (nSPS) is 18.6. The number of amides is 1. The Morgan fingerprint density at radius 2 is 1.84 bits per heavy atom. The van der Waals surface area contributed by atoms with Crippen molar-refractivity contribution in [2.75, 3.05) is 31.9 Å². The van der Waals surface area contributed by atoms with E-state index in [2.05, 4.69) is 0 Å². The number of hydrogen-bond acceptors (Lipinski definition) is 3. The predicted octanol–water partition coefficient (Wildman–Crippen LogP) is 1.31. The molecule has 0 aromatic heterocycles. The molecule has 1 saturated heterocycles. The highest BCUT2D eigenvalue weighted by atomic mass is 32.2. The van der Waals surface area contributed by atoms with Crippen LogP contribution in [0, 0.1) is 5.92 Å². The Morgan fingerprint density at radius 3 is 2.42 bits per heavy atom. The van der Waals surface area contributed by atoms with E-state index < -0.39 is 10.0 Å². The first-order valence-electron chi connectivity index (χ1n) is 7.12. The molecule has 5 nitrogen and oxygen atoms in total. The molecule has 1 aliphatic rings. The molecule has 0 saturated carbocycles. The number of carbonyl (C=O) groups is 1. The van der Waals surface area contributed by atoms with E-state index in [1.165, 1.54) is 0 Å². The third-order valence-corrected chi connectivity index (χ3v) is 5.32. The molecule has 0 N–H and O–H groups in total. The molecular weight excluding hydrogens is 264 g/mol. The summed E-state index contributed by atoms with van der Waals surface area (Å²) >= 11 is 0. The van der Waals surface area contributed by atoms with E-state index in [9.17, 15) is 13.2 Å². The van der Waals surface area contributed by atoms with Crippen molar-refractivity contribution in [3.63, 3.8) is 0 Å². The molecule has 19 heavy (non-hydrogen) atoms. The molecule has 6 heteroatoms. The van der Waals surface area contributed by atoms with Gasteiger partial charge >= 0.3 is 0 Å². The summed E-state index contributed by atoms with van der Waals surface area (Å²) in [6.45, 7) is 8.08. The van der Waals surface area contributed by atoms with E-state index in [0.717, 1.165) is 6.42 Å². The molecule has 0 bridgehead atoms. The minimum atomic E-state index is -3.13. The van der Waals surface area contributed by atoms with Crippen molar-refractivity contribution in [2.24, 2.45) is 5.92 Å². The number of nitrogens with zero attached hydrogens (tertiary/aromatic N) is 2. The Labute approximate surface area is 117 Å². The third kappa shape index (κ3) is 5.10. The van der Waals surface area contributed by atoms with Crippen LogP contribution in [-0.2, 0) is 14.8 Å². The van der Waals surface area contributed by atoms with Crippen molar-refractivity contribution in [1.82, 2.24) is 9.21 Å². The summed E-state index contributed by atoms with van der Waals surface area (Å²) in [5.41, 5.74) is 0. The van der Waals surface area contributed by atoms with Crippen molar-refractivity contribution in [3.8, 4) is 0 Å². The van der Waals surface area contributed by atoms with Crippen LogP contribution < -0.4 is 0 Å². The summed E-state index contributed by atoms with van der Waals surface area (Å²) < 4.78 is 25.6. The number of rotatable bonds is 5. The van der Waals surface area contributed by atoms with Crippen LogP contribution >= 0.6 is 0 Å². The fourth-order valence-electron chi connectivity index (χ4n) is 2.29. The summed E-state index contributed by atoms with van der Waals surface area (Å²) in [6, 6.07) is 0. The number of hydrogen-bond donors (Lipinski definition) is 0. The van der Waals surface area contributed by atoms with Gasteiger partial charge in [0.1, 0.15) is 0 Å². The zero-order valence-electron chi connectivity index (χ0n) is 12.3. The Kier molecular flexibility index (Phi) is 6.26. The molecule has 0 aromatic rings. The zero-order chi connectivity index (χ0) is 14.5. The smallest absolute Gasteiger partial charge is 0.222 e. The zero-order valence-corrected chi connectivity index (χ0v) is 13.1. The second kappa shape index (κ2) is 7.24. The topological polar surface area (TPSA) is 57.7 Å². The van der Waals surface area contributed by atoms with Crippen molar-refractivity contribution in [1.29, 1.82) is 0 Å². The molecule has 0 aliphatic carbocycles. The molecule has 0 unspecified atom stereocenters. The van der Waals surface area contributed by atoms with Gasteiger partial charge in [-0.15, -0.1) is 0 Å². The van der Waals surface area contributed by atoms with Crippen molar-refractivity contribution >= 4 is 15.9 Å². The molecule has 1 amide bonds. The van der Waals surface area contributed by atoms with Crippen LogP contribution in [0.15, 0.2) is 0 Å². The summed E-state index contributed by atoms with van der Waals surface area (Å²) in [6.07, 6.45) is 1.91. The predicted molar refractivity (Wildman–Crippen MR) is 76.3 cm³/mol. The molecule has 0 atom stereocenters. The van der Waals surface area contributed by atoms with Gasteiger partial charge in [-0.3, -0.25) is 4.79 Å². The van der Waals surface area contributed by atoms with E-state index in [4.69, 9.17) is 0 Å². The van der Waals surface area contributed by atoms with Gasteiger partial charge in [-0.1, -0.05) is 20.8 Å². The second-order valence-electron chi connectivity index (χ2n) is 5.55. The average molecular weight is 290 g/mol. The van der Waals surface area contributed by atoms with E-state index in [1.54, 1.807) is 4.31 Å². The number of carbonyl (C=O) groups excluding carboxylic acids is 1. The van der Waals surface area contributed by atoms with Crippen LogP contribution in [0.1, 0.15) is 40.0 Å². The average Bonchev–Trinajstić information content (AvgIpc) is 2.53. The van der Waals surface area contributed by atoms with Gasteiger partial charge in [-0.2, -0.15) is 0 Å². The lowest BCUT2D eigenvalue weighted by atomic mass is 10.1. The first kappa shape index (κ1) is 16.4. The highest BCUT2D eigenvalue weighted by molar-refractivity contribution is 7.89. The van der Waals surface area contributed by atoms with E-state index >= 15 is 0 Å². The fraction of sp³-hybridized carbons (Fsp3) is 0.923. The van der Waals surface area contributed by atoms with Gasteiger partial charge in [0.15, 0.2) is 0 Å². The molecule has 1 aliphatic heterocycles. The molecule has 0 spiro atoms. The molecule has 0 aromatic carbocycles. The molecule has 1 rings (SSSR count). The number of sulfonamides is 1. The molecule has 112 valence electrons. The summed E-state index contributed by atoms with van der Waals surface area (Å²) in [4.78, 5) is 13.8. The van der Waals surface area contributed by atoms with E-state index in [-0.39, 0.29) is 11.7 Å². The van der Waals surface area contributed by atoms with Crippen molar-refractivity contribution in [2.45, 2.75) is 40.0 Å². The van der Waals surface area contributed by atoms with Crippen LogP contribution in [0.4, 0.5) is 0 Å². The van der Waals surface area contributed by atoms with Gasteiger partial charge in [0.2, 0.25) is 15.9 Å². The maximum Gasteiger partial charge on any atom is 0.222 e. The van der Waals surface area contributed by atoms with E-state index in [1.807, 2.05) is 25.7 Å². The molecule has 0 radical (unpaired) electrons. The van der Waals surface area contributed by atoms with Crippen LogP contribution in [0.3, 0.4) is 0 Å². The van der Waals surface area contributed by atoms with Gasteiger partial charge in [-0.05, 0) is 18.8 Å². The van der Waals surface area contributed by atoms with Gasteiger partial charge in [0.25, 0.3) is 0 Å². The Bertz CT molecular complexity index is 393. The molecular formula is C13H26N2O3S. The third-order valence-electron chi connectivity index (χ3n) is 3.25. The van der Waals surface area contributed by atoms with Gasteiger partial charge in [-0.25, -0.2) is 12.7 Å². The van der Waals surface area contributed by atoms with Crippen molar-refractivity contribution in [3.05, 3.63) is 0 Å². The van der Waals surface area contributed by atoms with Crippen molar-refractivity contribution < 1.29 is 13.2 Å². The molecule has 1 heterocycles. The highest BCUT2D eigenvalue weighted by Crippen LogP contribution is 2.12. The summed E-state index contributed by atoms with van der Waals surface area (Å²) in [5, 5.41) is 0. The maximum atomic E-state index is 12.0. The minimum absolute atomic E-state index is 0.143. The SMILES string of the molecule is CCCS(=O)(=O)N1CCCN(C(=O)CC(C)C)CC1. The Balaban J connectivity index is 2.59. The van der Waals surface area contributed by atoms with Crippen LogP contribution in [-0.4, -0.2) is 55.5 Å². The van der Waals surface area contributed by atoms with Crippen LogP contribution in [0.2, 0.25) is 0 Å². The standard InChI is InChI=1S/C13H26N2O3S/c1-4-10-19(17,18)15-7-5-6-14(8-9-15)13(16)11-12(2)3/h12H,4-11H2,1-3H3. The van der Waals surface area contributed by atoms with E-state index in [0.29, 0.717) is 44.9 Å². The fourth-order valence-corrected chi connectivity index (χ4v) is 3.83. The maximum absolute atomic E-state index is 12.0. The summed E-state index contributed by atoms with van der Waals surface area (Å²) in [5.74, 6) is 0.688. The Hall–Kier alpha value is -0.620. The van der Waals surface area contributed by atoms with Crippen LogP contribution in [0.25, 0.3) is 0 Å². The second-order valence-corrected chi connectivity index (χ2v) is 7.64. The molecule has 1 fully saturated rings. The highest BCUT2D eigenvalue weighted by Gasteiger charge is 2.26. The van der Waals surface area contributed by atoms with Gasteiger partial charge < -0.3 is 4.90 Å². The van der Waals surface area contributed by atoms with Gasteiger partial charge in [0.05, 0.1) is 5.75 Å². The summed E-state index contributed by atoms with van der Waals surface area (Å²) in [7, 11) is -3.13. The largest absolute Gasteiger partial charge is 0.341 e. The lowest BCUT2D eigenvalue weighted by Gasteiger charge is -2.22. The first-order chi connectivity index (χ1) is 8.86. The minimum Gasteiger partial charge on any atom is -0.341 e. The lowest BCUT2D eigenvalue weighted by Crippen LogP contribution is -2.38. The van der Waals surface area contributed by atoms with Crippen LogP contribution in [0.5, 0.6) is 0 Å². The first-order valence-corrected chi connectivity index (χ1v) is 8.73. The monoisotopic (exact) mass is 290 g/mol.